The second kappa shape index (κ2) is 5.44. The van der Waals surface area contributed by atoms with E-state index >= 15 is 0 Å². The molecule has 1 aromatic heterocycles. The van der Waals surface area contributed by atoms with Gasteiger partial charge in [0.2, 0.25) is 0 Å². The normalized spacial score (nSPS) is 18.0. The first-order valence-electron chi connectivity index (χ1n) is 7.54. The number of rotatable bonds is 2. The van der Waals surface area contributed by atoms with E-state index in [0.29, 0.717) is 5.92 Å². The second-order valence-electron chi connectivity index (χ2n) is 6.01. The van der Waals surface area contributed by atoms with E-state index in [4.69, 9.17) is 0 Å². The summed E-state index contributed by atoms with van der Waals surface area (Å²) < 4.78 is 0. The van der Waals surface area contributed by atoms with Crippen LogP contribution in [0.5, 0.6) is 11.5 Å². The van der Waals surface area contributed by atoms with Gasteiger partial charge in [-0.3, -0.25) is 0 Å². The first kappa shape index (κ1) is 14.6. The van der Waals surface area contributed by atoms with E-state index in [0.717, 1.165) is 34.1 Å². The third-order valence-electron chi connectivity index (χ3n) is 4.16. The molecule has 0 radical (unpaired) electrons. The molecule has 0 spiro atoms. The van der Waals surface area contributed by atoms with Crippen molar-refractivity contribution in [1.82, 2.24) is 9.97 Å². The molecule has 1 aliphatic rings. The van der Waals surface area contributed by atoms with Crippen LogP contribution in [-0.4, -0.2) is 20.2 Å². The van der Waals surface area contributed by atoms with Crippen molar-refractivity contribution >= 4 is 12.2 Å². The number of phenolic OH excluding ortho intramolecular Hbond substituents is 2. The zero-order valence-corrected chi connectivity index (χ0v) is 13.0. The maximum absolute atomic E-state index is 9.73. The van der Waals surface area contributed by atoms with Crippen LogP contribution in [0.3, 0.4) is 0 Å². The molecule has 2 aromatic rings. The highest BCUT2D eigenvalue weighted by Crippen LogP contribution is 2.30. The number of aromatic hydroxyl groups is 2. The minimum absolute atomic E-state index is 0.0139. The lowest BCUT2D eigenvalue weighted by Crippen LogP contribution is -2.37. The van der Waals surface area contributed by atoms with Crippen LogP contribution < -0.4 is 10.6 Å². The van der Waals surface area contributed by atoms with E-state index in [9.17, 15) is 10.2 Å². The monoisotopic (exact) mass is 296 g/mol. The summed E-state index contributed by atoms with van der Waals surface area (Å²) in [4.78, 5) is 9.18. The third-order valence-corrected chi connectivity index (χ3v) is 4.16. The molecule has 3 rings (SSSR count). The summed E-state index contributed by atoms with van der Waals surface area (Å²) in [5.41, 5.74) is 1.89. The Morgan fingerprint density at radius 3 is 2.68 bits per heavy atom. The van der Waals surface area contributed by atoms with E-state index in [1.165, 1.54) is 6.07 Å². The molecule has 0 amide bonds. The first-order valence-corrected chi connectivity index (χ1v) is 7.54. The van der Waals surface area contributed by atoms with Crippen LogP contribution in [0, 0.1) is 12.8 Å². The molecule has 1 aromatic carbocycles. The fraction of sp³-hybridized carbons (Fsp3) is 0.333. The fourth-order valence-electron chi connectivity index (χ4n) is 2.90. The summed E-state index contributed by atoms with van der Waals surface area (Å²) in [6, 6.07) is 4.93. The number of phenols is 2. The van der Waals surface area contributed by atoms with Gasteiger partial charge in [-0.05, 0) is 37.0 Å². The van der Waals surface area contributed by atoms with Crippen LogP contribution in [0.25, 0.3) is 12.2 Å². The first-order chi connectivity index (χ1) is 10.5. The van der Waals surface area contributed by atoms with Crippen LogP contribution in [0.1, 0.15) is 43.3 Å². The number of hydrogen-bond acceptors (Lipinski definition) is 4. The van der Waals surface area contributed by atoms with E-state index in [1.54, 1.807) is 6.07 Å². The van der Waals surface area contributed by atoms with Gasteiger partial charge in [-0.15, -0.1) is 0 Å². The minimum Gasteiger partial charge on any atom is -0.504 e. The molecular formula is C18H20N2O2. The average Bonchev–Trinajstić information content (AvgIpc) is 2.48. The molecule has 0 saturated heterocycles. The Labute approximate surface area is 129 Å². The number of hydrogen-bond donors (Lipinski definition) is 2. The Kier molecular flexibility index (Phi) is 3.61. The van der Waals surface area contributed by atoms with Gasteiger partial charge in [0, 0.05) is 11.1 Å². The maximum Gasteiger partial charge on any atom is 0.157 e. The summed E-state index contributed by atoms with van der Waals surface area (Å²) in [7, 11) is 0. The lowest BCUT2D eigenvalue weighted by molar-refractivity contribution is 0.403. The van der Waals surface area contributed by atoms with Gasteiger partial charge in [0.15, 0.2) is 11.5 Å². The summed E-state index contributed by atoms with van der Waals surface area (Å²) in [6.07, 6.45) is 5.38. The maximum atomic E-state index is 9.73. The molecule has 4 nitrogen and oxygen atoms in total. The van der Waals surface area contributed by atoms with Crippen molar-refractivity contribution in [2.24, 2.45) is 5.92 Å². The minimum atomic E-state index is -0.106. The molecule has 114 valence electrons. The Morgan fingerprint density at radius 2 is 1.95 bits per heavy atom. The van der Waals surface area contributed by atoms with E-state index < -0.39 is 0 Å². The quantitative estimate of drug-likeness (QED) is 0.831. The van der Waals surface area contributed by atoms with Gasteiger partial charge in [-0.2, -0.15) is 0 Å². The van der Waals surface area contributed by atoms with Crippen molar-refractivity contribution in [2.45, 2.75) is 33.1 Å². The number of benzene rings is 1. The SMILES string of the molecule is Cc1nc(C(C)c2ccc(O)c(O)c2)c2c(n1)=CC(C)CC=2. The van der Waals surface area contributed by atoms with Crippen LogP contribution in [0.4, 0.5) is 0 Å². The Morgan fingerprint density at radius 1 is 1.18 bits per heavy atom. The number of aryl methyl sites for hydroxylation is 1. The van der Waals surface area contributed by atoms with Crippen molar-refractivity contribution in [2.75, 3.05) is 0 Å². The zero-order chi connectivity index (χ0) is 15.9. The molecule has 1 aliphatic carbocycles. The predicted octanol–water partition coefficient (Wildman–Crippen LogP) is 1.95. The molecule has 0 aliphatic heterocycles. The molecule has 0 fully saturated rings. The number of nitrogens with zero attached hydrogens (tertiary/aromatic N) is 2. The van der Waals surface area contributed by atoms with E-state index in [2.05, 4.69) is 36.0 Å². The third kappa shape index (κ3) is 2.56. The Bertz CT molecular complexity index is 843. The van der Waals surface area contributed by atoms with Gasteiger partial charge in [0.25, 0.3) is 0 Å². The highest BCUT2D eigenvalue weighted by molar-refractivity contribution is 5.45. The predicted molar refractivity (Wildman–Crippen MR) is 86.0 cm³/mol. The van der Waals surface area contributed by atoms with Crippen LogP contribution in [0.15, 0.2) is 18.2 Å². The van der Waals surface area contributed by atoms with Gasteiger partial charge in [-0.1, -0.05) is 32.1 Å². The Hall–Kier alpha value is -2.36. The van der Waals surface area contributed by atoms with Gasteiger partial charge in [-0.25, -0.2) is 9.97 Å². The van der Waals surface area contributed by atoms with Crippen LogP contribution >= 0.6 is 0 Å². The summed E-state index contributed by atoms with van der Waals surface area (Å²) >= 11 is 0. The van der Waals surface area contributed by atoms with Crippen molar-refractivity contribution < 1.29 is 10.2 Å². The lowest BCUT2D eigenvalue weighted by atomic mass is 9.93. The van der Waals surface area contributed by atoms with Gasteiger partial charge < -0.3 is 10.2 Å². The summed E-state index contributed by atoms with van der Waals surface area (Å²) in [5, 5.41) is 21.3. The molecule has 22 heavy (non-hydrogen) atoms. The highest BCUT2D eigenvalue weighted by atomic mass is 16.3. The molecule has 0 saturated carbocycles. The average molecular weight is 296 g/mol. The summed E-state index contributed by atoms with van der Waals surface area (Å²) in [6.45, 7) is 6.13. The van der Waals surface area contributed by atoms with Crippen molar-refractivity contribution in [1.29, 1.82) is 0 Å². The number of fused-ring (bicyclic) bond motifs is 1. The van der Waals surface area contributed by atoms with Gasteiger partial charge in [0.1, 0.15) is 5.82 Å². The Balaban J connectivity index is 2.16. The molecule has 2 unspecified atom stereocenters. The molecule has 2 atom stereocenters. The van der Waals surface area contributed by atoms with Crippen LogP contribution in [-0.2, 0) is 0 Å². The fourth-order valence-corrected chi connectivity index (χ4v) is 2.90. The highest BCUT2D eigenvalue weighted by Gasteiger charge is 2.16. The standard InChI is InChI=1S/C18H20N2O2/c1-10-4-6-14-15(8-10)19-12(3)20-18(14)11(2)13-5-7-16(21)17(22)9-13/h5-11,21-22H,4H2,1-3H3. The molecular weight excluding hydrogens is 276 g/mol. The molecule has 2 N–H and O–H groups in total. The second-order valence-corrected chi connectivity index (χ2v) is 6.01. The zero-order valence-electron chi connectivity index (χ0n) is 13.0. The van der Waals surface area contributed by atoms with Gasteiger partial charge in [0.05, 0.1) is 11.0 Å². The van der Waals surface area contributed by atoms with Crippen molar-refractivity contribution in [3.05, 3.63) is 45.8 Å². The molecule has 1 heterocycles. The topological polar surface area (TPSA) is 66.2 Å². The number of aromatic nitrogens is 2. The van der Waals surface area contributed by atoms with E-state index in [1.807, 2.05) is 13.0 Å². The molecule has 0 bridgehead atoms. The van der Waals surface area contributed by atoms with Gasteiger partial charge >= 0.3 is 0 Å². The lowest BCUT2D eigenvalue weighted by Gasteiger charge is -2.16. The smallest absolute Gasteiger partial charge is 0.157 e. The van der Waals surface area contributed by atoms with Crippen molar-refractivity contribution in [3.63, 3.8) is 0 Å². The largest absolute Gasteiger partial charge is 0.504 e. The van der Waals surface area contributed by atoms with Crippen molar-refractivity contribution in [3.8, 4) is 11.5 Å². The summed E-state index contributed by atoms with van der Waals surface area (Å²) in [5.74, 6) is 1.05. The molecule has 4 heteroatoms. The van der Waals surface area contributed by atoms with E-state index in [-0.39, 0.29) is 17.4 Å². The van der Waals surface area contributed by atoms with Crippen LogP contribution in [0.2, 0.25) is 0 Å².